The van der Waals surface area contributed by atoms with Crippen LogP contribution in [-0.4, -0.2) is 11.8 Å². The molecule has 1 aromatic rings. The predicted molar refractivity (Wildman–Crippen MR) is 85.3 cm³/mol. The molecule has 0 aliphatic heterocycles. The van der Waals surface area contributed by atoms with Crippen LogP contribution in [0.25, 0.3) is 0 Å². The molecule has 0 aromatic heterocycles. The average Bonchev–Trinajstić information content (AvgIpc) is 2.46. The van der Waals surface area contributed by atoms with Crippen molar-refractivity contribution in [2.24, 2.45) is 22.8 Å². The van der Waals surface area contributed by atoms with Crippen LogP contribution in [0.15, 0.2) is 18.2 Å². The van der Waals surface area contributed by atoms with Crippen LogP contribution in [0, 0.1) is 11.3 Å². The fourth-order valence-electron chi connectivity index (χ4n) is 4.91. The van der Waals surface area contributed by atoms with E-state index in [1.165, 1.54) is 11.1 Å². The molecule has 3 atom stereocenters. The van der Waals surface area contributed by atoms with Gasteiger partial charge < -0.3 is 11.5 Å². The largest absolute Gasteiger partial charge is 0.369 e. The summed E-state index contributed by atoms with van der Waals surface area (Å²) in [6.07, 6.45) is 4.76. The number of hydrogen-bond donors (Lipinski definition) is 2. The van der Waals surface area contributed by atoms with E-state index in [-0.39, 0.29) is 17.2 Å². The van der Waals surface area contributed by atoms with Gasteiger partial charge in [0.2, 0.25) is 11.8 Å². The van der Waals surface area contributed by atoms with E-state index < -0.39 is 11.3 Å². The molecule has 1 fully saturated rings. The summed E-state index contributed by atoms with van der Waals surface area (Å²) in [4.78, 5) is 23.6. The molecule has 2 amide bonds. The molecule has 0 spiro atoms. The number of carbonyl (C=O) groups excluding carboxylic acids is 2. The van der Waals surface area contributed by atoms with Crippen LogP contribution < -0.4 is 11.5 Å². The van der Waals surface area contributed by atoms with Gasteiger partial charge in [-0.25, -0.2) is 0 Å². The molecule has 0 heterocycles. The van der Waals surface area contributed by atoms with E-state index >= 15 is 0 Å². The van der Waals surface area contributed by atoms with E-state index in [0.717, 1.165) is 32.1 Å². The van der Waals surface area contributed by atoms with Crippen LogP contribution in [0.2, 0.25) is 0 Å². The van der Waals surface area contributed by atoms with Gasteiger partial charge in [0, 0.05) is 11.0 Å². The molecule has 22 heavy (non-hydrogen) atoms. The van der Waals surface area contributed by atoms with E-state index in [2.05, 4.69) is 6.92 Å². The molecule has 118 valence electrons. The zero-order valence-corrected chi connectivity index (χ0v) is 13.3. The molecule has 1 aromatic carbocycles. The van der Waals surface area contributed by atoms with E-state index in [1.807, 2.05) is 19.1 Å². The molecule has 2 aliphatic carbocycles. The second-order valence-corrected chi connectivity index (χ2v) is 7.38. The lowest BCUT2D eigenvalue weighted by Gasteiger charge is -2.54. The Morgan fingerprint density at radius 2 is 1.91 bits per heavy atom. The first kappa shape index (κ1) is 15.1. The second kappa shape index (κ2) is 4.83. The number of fused-ring (bicyclic) bond motifs is 3. The second-order valence-electron chi connectivity index (χ2n) is 7.38. The first-order valence-electron chi connectivity index (χ1n) is 8.02. The van der Waals surface area contributed by atoms with Crippen molar-refractivity contribution in [1.82, 2.24) is 0 Å². The van der Waals surface area contributed by atoms with Crippen LogP contribution in [0.3, 0.4) is 0 Å². The summed E-state index contributed by atoms with van der Waals surface area (Å²) in [5.74, 6) is -0.373. The lowest BCUT2D eigenvalue weighted by Crippen LogP contribution is -2.54. The molecule has 3 rings (SSSR count). The third-order valence-corrected chi connectivity index (χ3v) is 6.21. The SMILES string of the molecule is CC1(C(N)=O)CCCC2(C)c3cc(C(N)=O)ccc3CCC12. The minimum atomic E-state index is -0.465. The zero-order chi connectivity index (χ0) is 16.1. The number of benzene rings is 1. The number of amides is 2. The highest BCUT2D eigenvalue weighted by atomic mass is 16.1. The predicted octanol–water partition coefficient (Wildman–Crippen LogP) is 2.28. The van der Waals surface area contributed by atoms with Gasteiger partial charge in [-0.15, -0.1) is 0 Å². The van der Waals surface area contributed by atoms with Crippen LogP contribution in [0.4, 0.5) is 0 Å². The lowest BCUT2D eigenvalue weighted by molar-refractivity contribution is -0.135. The maximum absolute atomic E-state index is 12.1. The van der Waals surface area contributed by atoms with Crippen LogP contribution in [0.5, 0.6) is 0 Å². The number of aryl methyl sites for hydroxylation is 1. The van der Waals surface area contributed by atoms with Gasteiger partial charge in [-0.3, -0.25) is 9.59 Å². The van der Waals surface area contributed by atoms with Gasteiger partial charge in [-0.2, -0.15) is 0 Å². The Balaban J connectivity index is 2.14. The monoisotopic (exact) mass is 300 g/mol. The summed E-state index contributed by atoms with van der Waals surface area (Å²) in [5.41, 5.74) is 13.6. The van der Waals surface area contributed by atoms with Crippen molar-refractivity contribution in [3.8, 4) is 0 Å². The summed E-state index contributed by atoms with van der Waals surface area (Å²) in [6, 6.07) is 5.77. The quantitative estimate of drug-likeness (QED) is 0.878. The molecule has 4 heteroatoms. The fourth-order valence-corrected chi connectivity index (χ4v) is 4.91. The Kier molecular flexibility index (Phi) is 3.31. The maximum atomic E-state index is 12.1. The topological polar surface area (TPSA) is 86.2 Å². The van der Waals surface area contributed by atoms with Crippen molar-refractivity contribution in [2.75, 3.05) is 0 Å². The van der Waals surface area contributed by atoms with Crippen LogP contribution in [0.1, 0.15) is 61.0 Å². The summed E-state index contributed by atoms with van der Waals surface area (Å²) < 4.78 is 0. The summed E-state index contributed by atoms with van der Waals surface area (Å²) in [5, 5.41) is 0. The molecule has 0 radical (unpaired) electrons. The zero-order valence-electron chi connectivity index (χ0n) is 13.3. The summed E-state index contributed by atoms with van der Waals surface area (Å²) in [6.45, 7) is 4.24. The van der Waals surface area contributed by atoms with Crippen molar-refractivity contribution in [3.05, 3.63) is 34.9 Å². The molecule has 0 bridgehead atoms. The normalized spacial score (nSPS) is 33.6. The first-order valence-corrected chi connectivity index (χ1v) is 8.02. The number of carbonyl (C=O) groups is 2. The smallest absolute Gasteiger partial charge is 0.248 e. The molecular formula is C18H24N2O2. The maximum Gasteiger partial charge on any atom is 0.248 e. The van der Waals surface area contributed by atoms with Crippen molar-refractivity contribution >= 4 is 11.8 Å². The summed E-state index contributed by atoms with van der Waals surface area (Å²) in [7, 11) is 0. The number of nitrogens with two attached hydrogens (primary N) is 2. The van der Waals surface area contributed by atoms with Gasteiger partial charge in [0.05, 0.1) is 0 Å². The number of hydrogen-bond acceptors (Lipinski definition) is 2. The lowest BCUT2D eigenvalue weighted by atomic mass is 9.49. The first-order chi connectivity index (χ1) is 10.3. The van der Waals surface area contributed by atoms with Gasteiger partial charge in [-0.05, 0) is 60.3 Å². The number of primary amides is 2. The highest BCUT2D eigenvalue weighted by molar-refractivity contribution is 5.93. The van der Waals surface area contributed by atoms with E-state index in [1.54, 1.807) is 6.07 Å². The molecule has 0 saturated heterocycles. The van der Waals surface area contributed by atoms with Crippen LogP contribution >= 0.6 is 0 Å². The van der Waals surface area contributed by atoms with Gasteiger partial charge >= 0.3 is 0 Å². The molecular weight excluding hydrogens is 276 g/mol. The average molecular weight is 300 g/mol. The van der Waals surface area contributed by atoms with Gasteiger partial charge in [0.15, 0.2) is 0 Å². The highest BCUT2D eigenvalue weighted by Gasteiger charge is 2.54. The third-order valence-electron chi connectivity index (χ3n) is 6.21. The minimum Gasteiger partial charge on any atom is -0.369 e. The van der Waals surface area contributed by atoms with Gasteiger partial charge in [0.1, 0.15) is 0 Å². The Hall–Kier alpha value is -1.84. The van der Waals surface area contributed by atoms with E-state index in [0.29, 0.717) is 5.56 Å². The minimum absolute atomic E-state index is 0.110. The Labute approximate surface area is 131 Å². The van der Waals surface area contributed by atoms with E-state index in [4.69, 9.17) is 11.5 Å². The Morgan fingerprint density at radius 1 is 1.18 bits per heavy atom. The standard InChI is InChI=1S/C18H24N2O2/c1-17-8-3-9-18(2,16(20)22)14(17)7-6-11-4-5-12(15(19)21)10-13(11)17/h4-5,10,14H,3,6-9H2,1-2H3,(H2,19,21)(H2,20,22). The molecule has 4 N–H and O–H groups in total. The van der Waals surface area contributed by atoms with Crippen molar-refractivity contribution in [3.63, 3.8) is 0 Å². The van der Waals surface area contributed by atoms with Crippen molar-refractivity contribution in [2.45, 2.75) is 51.4 Å². The van der Waals surface area contributed by atoms with E-state index in [9.17, 15) is 9.59 Å². The van der Waals surface area contributed by atoms with Gasteiger partial charge in [-0.1, -0.05) is 26.3 Å². The van der Waals surface area contributed by atoms with Crippen molar-refractivity contribution < 1.29 is 9.59 Å². The third kappa shape index (κ3) is 1.97. The molecule has 3 unspecified atom stereocenters. The van der Waals surface area contributed by atoms with Gasteiger partial charge in [0.25, 0.3) is 0 Å². The van der Waals surface area contributed by atoms with Crippen molar-refractivity contribution in [1.29, 1.82) is 0 Å². The fraction of sp³-hybridized carbons (Fsp3) is 0.556. The van der Waals surface area contributed by atoms with Crippen LogP contribution in [-0.2, 0) is 16.6 Å². The Bertz CT molecular complexity index is 654. The Morgan fingerprint density at radius 3 is 2.55 bits per heavy atom. The summed E-state index contributed by atoms with van der Waals surface area (Å²) >= 11 is 0. The number of rotatable bonds is 2. The molecule has 1 saturated carbocycles. The molecule has 2 aliphatic rings. The highest BCUT2D eigenvalue weighted by Crippen LogP contribution is 2.57. The molecule has 4 nitrogen and oxygen atoms in total.